The maximum absolute atomic E-state index is 10.0. The predicted molar refractivity (Wildman–Crippen MR) is 97.3 cm³/mol. The van der Waals surface area contributed by atoms with Crippen LogP contribution in [-0.4, -0.2) is 53.9 Å². The molecule has 2 aliphatic rings. The smallest absolute Gasteiger partial charge is 0.333 e. The van der Waals surface area contributed by atoms with Gasteiger partial charge in [-0.25, -0.2) is 0 Å². The summed E-state index contributed by atoms with van der Waals surface area (Å²) in [5.74, 6) is 0. The number of nitriles is 1. The molecule has 8 heteroatoms. The van der Waals surface area contributed by atoms with Crippen LogP contribution in [0, 0.1) is 11.3 Å². The van der Waals surface area contributed by atoms with Crippen LogP contribution in [-0.2, 0) is 23.0 Å². The van der Waals surface area contributed by atoms with E-state index in [4.69, 9.17) is 28.3 Å². The topological polar surface area (TPSA) is 90.2 Å². The van der Waals surface area contributed by atoms with Crippen LogP contribution in [0.2, 0.25) is 0 Å². The third-order valence-electron chi connectivity index (χ3n) is 4.59. The zero-order chi connectivity index (χ0) is 19.3. The SMILES string of the molecule is CCC1OC(C)CC1OP(OCC1OC(C)CC1O)OC(C)(C)CC#N. The van der Waals surface area contributed by atoms with E-state index < -0.39 is 20.3 Å². The van der Waals surface area contributed by atoms with Gasteiger partial charge in [-0.15, -0.1) is 0 Å². The molecular weight excluding hydrogens is 357 g/mol. The van der Waals surface area contributed by atoms with E-state index in [1.165, 1.54) is 0 Å². The lowest BCUT2D eigenvalue weighted by Gasteiger charge is -2.30. The average molecular weight is 389 g/mol. The molecule has 0 bridgehead atoms. The third kappa shape index (κ3) is 6.38. The van der Waals surface area contributed by atoms with E-state index >= 15 is 0 Å². The second-order valence-corrected chi connectivity index (χ2v) is 8.87. The second-order valence-electron chi connectivity index (χ2n) is 7.77. The first kappa shape index (κ1) is 22.0. The third-order valence-corrected chi connectivity index (χ3v) is 6.04. The molecule has 0 amide bonds. The molecule has 0 aromatic heterocycles. The van der Waals surface area contributed by atoms with Gasteiger partial charge in [-0.1, -0.05) is 6.92 Å². The highest BCUT2D eigenvalue weighted by Gasteiger charge is 2.39. The van der Waals surface area contributed by atoms with Crippen LogP contribution in [0.25, 0.3) is 0 Å². The number of aliphatic hydroxyl groups excluding tert-OH is 1. The second kappa shape index (κ2) is 9.75. The predicted octanol–water partition coefficient (Wildman–Crippen LogP) is 3.45. The van der Waals surface area contributed by atoms with E-state index in [0.29, 0.717) is 6.42 Å². The molecule has 0 radical (unpaired) electrons. The summed E-state index contributed by atoms with van der Waals surface area (Å²) < 4.78 is 29.6. The van der Waals surface area contributed by atoms with E-state index in [9.17, 15) is 5.11 Å². The fourth-order valence-electron chi connectivity index (χ4n) is 3.22. The summed E-state index contributed by atoms with van der Waals surface area (Å²) in [5.41, 5.74) is -0.685. The molecule has 2 aliphatic heterocycles. The van der Waals surface area contributed by atoms with Gasteiger partial charge in [-0.2, -0.15) is 5.26 Å². The Morgan fingerprint density at radius 2 is 1.85 bits per heavy atom. The maximum atomic E-state index is 10.0. The van der Waals surface area contributed by atoms with Gasteiger partial charge < -0.3 is 28.2 Å². The minimum Gasteiger partial charge on any atom is -0.390 e. The molecule has 0 saturated carbocycles. The van der Waals surface area contributed by atoms with Crippen molar-refractivity contribution in [1.29, 1.82) is 5.26 Å². The van der Waals surface area contributed by atoms with Crippen LogP contribution in [0.1, 0.15) is 60.3 Å². The Labute approximate surface area is 157 Å². The fraction of sp³-hybridized carbons (Fsp3) is 0.944. The molecule has 7 nitrogen and oxygen atoms in total. The summed E-state index contributed by atoms with van der Waals surface area (Å²) in [7, 11) is -1.69. The molecule has 0 aromatic rings. The Hall–Kier alpha value is -0.320. The minimum atomic E-state index is -1.69. The van der Waals surface area contributed by atoms with E-state index in [2.05, 4.69) is 13.0 Å². The zero-order valence-corrected chi connectivity index (χ0v) is 17.3. The van der Waals surface area contributed by atoms with Crippen molar-refractivity contribution < 1.29 is 28.2 Å². The van der Waals surface area contributed by atoms with Gasteiger partial charge in [0.2, 0.25) is 0 Å². The van der Waals surface area contributed by atoms with Crippen LogP contribution >= 0.6 is 8.60 Å². The summed E-state index contributed by atoms with van der Waals surface area (Å²) in [4.78, 5) is 0. The van der Waals surface area contributed by atoms with Gasteiger partial charge in [-0.3, -0.25) is 0 Å². The van der Waals surface area contributed by atoms with Crippen LogP contribution in [0.3, 0.4) is 0 Å². The molecule has 2 fully saturated rings. The van der Waals surface area contributed by atoms with Gasteiger partial charge in [0.15, 0.2) is 0 Å². The lowest BCUT2D eigenvalue weighted by atomic mass is 10.1. The zero-order valence-electron chi connectivity index (χ0n) is 16.4. The quantitative estimate of drug-likeness (QED) is 0.604. The van der Waals surface area contributed by atoms with Gasteiger partial charge in [0.05, 0.1) is 55.2 Å². The van der Waals surface area contributed by atoms with Crippen LogP contribution in [0.4, 0.5) is 0 Å². The van der Waals surface area contributed by atoms with Gasteiger partial charge in [0, 0.05) is 12.8 Å². The lowest BCUT2D eigenvalue weighted by molar-refractivity contribution is -0.0312. The van der Waals surface area contributed by atoms with Crippen molar-refractivity contribution >= 4 is 8.60 Å². The van der Waals surface area contributed by atoms with Crippen molar-refractivity contribution in [2.24, 2.45) is 0 Å². The highest BCUT2D eigenvalue weighted by Crippen LogP contribution is 2.48. The molecule has 150 valence electrons. The standard InChI is InChI=1S/C18H32NO6P/c1-6-15-16(10-13(3)22-15)24-26(25-18(4,5)7-8-19)21-11-17-14(20)9-12(2)23-17/h12-17,20H,6-7,9-11H2,1-5H3. The van der Waals surface area contributed by atoms with Crippen LogP contribution in [0.5, 0.6) is 0 Å². The van der Waals surface area contributed by atoms with Crippen LogP contribution < -0.4 is 0 Å². The monoisotopic (exact) mass is 389 g/mol. The molecule has 26 heavy (non-hydrogen) atoms. The van der Waals surface area contributed by atoms with E-state index in [1.807, 2.05) is 27.7 Å². The number of hydrogen-bond acceptors (Lipinski definition) is 7. The van der Waals surface area contributed by atoms with Crippen LogP contribution in [0.15, 0.2) is 0 Å². The molecule has 7 atom stereocenters. The Morgan fingerprint density at radius 3 is 2.42 bits per heavy atom. The summed E-state index contributed by atoms with van der Waals surface area (Å²) in [5, 5.41) is 19.0. The number of rotatable bonds is 9. The summed E-state index contributed by atoms with van der Waals surface area (Å²) >= 11 is 0. The molecule has 0 aliphatic carbocycles. The van der Waals surface area contributed by atoms with Crippen molar-refractivity contribution in [3.8, 4) is 6.07 Å². The Morgan fingerprint density at radius 1 is 1.19 bits per heavy atom. The van der Waals surface area contributed by atoms with Crippen molar-refractivity contribution in [3.05, 3.63) is 0 Å². The molecule has 0 spiro atoms. The van der Waals surface area contributed by atoms with Gasteiger partial charge in [0.25, 0.3) is 0 Å². The molecule has 1 N–H and O–H groups in total. The maximum Gasteiger partial charge on any atom is 0.333 e. The summed E-state index contributed by atoms with van der Waals surface area (Å²) in [6.45, 7) is 9.89. The molecule has 7 unspecified atom stereocenters. The van der Waals surface area contributed by atoms with Crippen molar-refractivity contribution in [2.45, 2.75) is 103 Å². The highest BCUT2D eigenvalue weighted by molar-refractivity contribution is 7.41. The summed E-state index contributed by atoms with van der Waals surface area (Å²) in [6, 6.07) is 2.13. The van der Waals surface area contributed by atoms with Crippen molar-refractivity contribution in [1.82, 2.24) is 0 Å². The normalized spacial score (nSPS) is 36.2. The molecule has 0 aromatic carbocycles. The number of hydrogen-bond donors (Lipinski definition) is 1. The highest BCUT2D eigenvalue weighted by atomic mass is 31.2. The molecular formula is C18H32NO6P. The first-order valence-electron chi connectivity index (χ1n) is 9.39. The van der Waals surface area contributed by atoms with E-state index in [-0.39, 0.29) is 43.5 Å². The molecule has 2 saturated heterocycles. The molecule has 2 heterocycles. The number of ether oxygens (including phenoxy) is 2. The van der Waals surface area contributed by atoms with Gasteiger partial charge in [-0.05, 0) is 34.1 Å². The minimum absolute atomic E-state index is 0.00891. The van der Waals surface area contributed by atoms with E-state index in [0.717, 1.165) is 12.8 Å². The van der Waals surface area contributed by atoms with Gasteiger partial charge in [0.1, 0.15) is 6.10 Å². The summed E-state index contributed by atoms with van der Waals surface area (Å²) in [6.07, 6.45) is 1.57. The Balaban J connectivity index is 1.98. The Bertz CT molecular complexity index is 485. The molecule has 2 rings (SSSR count). The van der Waals surface area contributed by atoms with Gasteiger partial charge >= 0.3 is 8.60 Å². The van der Waals surface area contributed by atoms with E-state index in [1.54, 1.807) is 0 Å². The van der Waals surface area contributed by atoms with Crippen molar-refractivity contribution in [3.63, 3.8) is 0 Å². The lowest BCUT2D eigenvalue weighted by Crippen LogP contribution is -2.29. The first-order valence-corrected chi connectivity index (χ1v) is 10.5. The Kier molecular flexibility index (Phi) is 8.24. The largest absolute Gasteiger partial charge is 0.390 e. The van der Waals surface area contributed by atoms with Crippen molar-refractivity contribution in [2.75, 3.05) is 6.61 Å². The number of nitrogens with zero attached hydrogens (tertiary/aromatic N) is 1. The fourth-order valence-corrected chi connectivity index (χ4v) is 4.56. The average Bonchev–Trinajstić information content (AvgIpc) is 3.05. The first-order chi connectivity index (χ1) is 12.2. The number of aliphatic hydroxyl groups is 1.